The molecule has 0 N–H and O–H groups in total. The fourth-order valence-electron chi connectivity index (χ4n) is 1.20. The quantitative estimate of drug-likeness (QED) is 0.753. The minimum atomic E-state index is 0.443. The third-order valence-electron chi connectivity index (χ3n) is 2.21. The fourth-order valence-corrected chi connectivity index (χ4v) is 1.77. The van der Waals surface area contributed by atoms with Crippen molar-refractivity contribution in [2.24, 2.45) is 0 Å². The average Bonchev–Trinajstić information content (AvgIpc) is 2.61. The van der Waals surface area contributed by atoms with E-state index in [-0.39, 0.29) is 0 Å². The second-order valence-corrected chi connectivity index (χ2v) is 4.77. The molecule has 0 spiro atoms. The molecule has 0 aliphatic carbocycles. The Kier molecular flexibility index (Phi) is 2.92. The van der Waals surface area contributed by atoms with Gasteiger partial charge in [0.25, 0.3) is 0 Å². The first-order valence-corrected chi connectivity index (χ1v) is 5.75. The second kappa shape index (κ2) is 4.05. The summed E-state index contributed by atoms with van der Waals surface area (Å²) in [7, 11) is 0. The van der Waals surface area contributed by atoms with Gasteiger partial charge in [-0.1, -0.05) is 11.6 Å². The van der Waals surface area contributed by atoms with E-state index in [9.17, 15) is 0 Å². The van der Waals surface area contributed by atoms with Gasteiger partial charge in [-0.05, 0) is 42.0 Å². The monoisotopic (exact) mass is 334 g/mol. The molecule has 0 aromatic carbocycles. The Labute approximate surface area is 106 Å². The summed E-state index contributed by atoms with van der Waals surface area (Å²) < 4.78 is 2.76. The maximum Gasteiger partial charge on any atom is 0.178 e. The van der Waals surface area contributed by atoms with Crippen LogP contribution in [0, 0.1) is 17.4 Å². The van der Waals surface area contributed by atoms with E-state index in [1.54, 1.807) is 10.9 Å². The van der Waals surface area contributed by atoms with Gasteiger partial charge in [-0.2, -0.15) is 5.10 Å². The van der Waals surface area contributed by atoms with Gasteiger partial charge in [-0.25, -0.2) is 4.68 Å². The minimum Gasteiger partial charge on any atom is -0.220 e. The zero-order valence-electron chi connectivity index (χ0n) is 8.20. The summed E-state index contributed by atoms with van der Waals surface area (Å²) in [6.07, 6.45) is 3.66. The molecule has 0 unspecified atom stereocenters. The lowest BCUT2D eigenvalue weighted by Crippen LogP contribution is -2.05. The zero-order chi connectivity index (χ0) is 11.0. The summed E-state index contributed by atoms with van der Waals surface area (Å²) in [5.41, 5.74) is 1.93. The molecule has 0 bridgehead atoms. The van der Waals surface area contributed by atoms with Gasteiger partial charge in [0.1, 0.15) is 0 Å². The van der Waals surface area contributed by atoms with Crippen LogP contribution in [0.5, 0.6) is 0 Å². The smallest absolute Gasteiger partial charge is 0.178 e. The lowest BCUT2D eigenvalue weighted by molar-refractivity contribution is 0.800. The molecule has 0 aliphatic rings. The van der Waals surface area contributed by atoms with Crippen LogP contribution in [0.25, 0.3) is 5.82 Å². The molecule has 0 amide bonds. The Balaban J connectivity index is 2.59. The molecule has 4 nitrogen and oxygen atoms in total. The molecule has 78 valence electrons. The van der Waals surface area contributed by atoms with E-state index in [1.165, 1.54) is 0 Å². The molecule has 2 aromatic rings. The molecule has 2 heterocycles. The van der Waals surface area contributed by atoms with Crippen molar-refractivity contribution in [3.63, 3.8) is 0 Å². The van der Waals surface area contributed by atoms with Gasteiger partial charge in [0.05, 0.1) is 9.77 Å². The van der Waals surface area contributed by atoms with Crippen molar-refractivity contribution in [2.75, 3.05) is 0 Å². The molecule has 0 saturated carbocycles. The van der Waals surface area contributed by atoms with Crippen LogP contribution >= 0.6 is 34.2 Å². The van der Waals surface area contributed by atoms with Gasteiger partial charge < -0.3 is 0 Å². The van der Waals surface area contributed by atoms with Gasteiger partial charge in [-0.3, -0.25) is 0 Å². The van der Waals surface area contributed by atoms with Crippen LogP contribution in [0.15, 0.2) is 12.4 Å². The Morgan fingerprint density at radius 1 is 1.27 bits per heavy atom. The van der Waals surface area contributed by atoms with Crippen LogP contribution in [0.2, 0.25) is 5.15 Å². The van der Waals surface area contributed by atoms with Gasteiger partial charge in [-0.15, -0.1) is 10.2 Å². The van der Waals surface area contributed by atoms with Crippen molar-refractivity contribution in [2.45, 2.75) is 13.8 Å². The van der Waals surface area contributed by atoms with Crippen LogP contribution in [0.1, 0.15) is 11.1 Å². The van der Waals surface area contributed by atoms with E-state index in [1.807, 2.05) is 20.0 Å². The SMILES string of the molecule is Cc1c(Cl)nnc(-n2cc(I)cn2)c1C. The summed E-state index contributed by atoms with van der Waals surface area (Å²) in [4.78, 5) is 0. The second-order valence-electron chi connectivity index (χ2n) is 3.17. The van der Waals surface area contributed by atoms with Gasteiger partial charge >= 0.3 is 0 Å². The van der Waals surface area contributed by atoms with Crippen molar-refractivity contribution < 1.29 is 0 Å². The van der Waals surface area contributed by atoms with E-state index in [0.717, 1.165) is 20.5 Å². The van der Waals surface area contributed by atoms with Crippen molar-refractivity contribution in [1.82, 2.24) is 20.0 Å². The summed E-state index contributed by atoms with van der Waals surface area (Å²) in [5, 5.41) is 12.5. The highest BCUT2D eigenvalue weighted by molar-refractivity contribution is 14.1. The molecule has 2 rings (SSSR count). The summed E-state index contributed by atoms with van der Waals surface area (Å²) in [6.45, 7) is 3.88. The molecule has 0 atom stereocenters. The van der Waals surface area contributed by atoms with Gasteiger partial charge in [0.2, 0.25) is 0 Å². The third-order valence-corrected chi connectivity index (χ3v) is 3.12. The molecular formula is C9H8ClIN4. The predicted molar refractivity (Wildman–Crippen MR) is 66.4 cm³/mol. The molecule has 0 fully saturated rings. The maximum absolute atomic E-state index is 5.87. The van der Waals surface area contributed by atoms with Crippen LogP contribution in [-0.4, -0.2) is 20.0 Å². The summed E-state index contributed by atoms with van der Waals surface area (Å²) in [6, 6.07) is 0. The zero-order valence-corrected chi connectivity index (χ0v) is 11.1. The number of hydrogen-bond acceptors (Lipinski definition) is 3. The molecule has 0 saturated heterocycles. The molecule has 2 aromatic heterocycles. The first kappa shape index (κ1) is 10.8. The summed E-state index contributed by atoms with van der Waals surface area (Å²) in [5.74, 6) is 0.722. The number of hydrogen-bond donors (Lipinski definition) is 0. The third kappa shape index (κ3) is 1.98. The van der Waals surface area contributed by atoms with Crippen molar-refractivity contribution in [1.29, 1.82) is 0 Å². The van der Waals surface area contributed by atoms with E-state index < -0.39 is 0 Å². The van der Waals surface area contributed by atoms with Crippen LogP contribution in [0.3, 0.4) is 0 Å². The first-order chi connectivity index (χ1) is 7.09. The highest BCUT2D eigenvalue weighted by Crippen LogP contribution is 2.19. The van der Waals surface area contributed by atoms with Gasteiger partial charge in [0, 0.05) is 11.8 Å². The Bertz CT molecular complexity index is 509. The fraction of sp³-hybridized carbons (Fsp3) is 0.222. The highest BCUT2D eigenvalue weighted by atomic mass is 127. The van der Waals surface area contributed by atoms with Crippen LogP contribution < -0.4 is 0 Å². The van der Waals surface area contributed by atoms with Crippen LogP contribution in [-0.2, 0) is 0 Å². The Hall–Kier alpha value is -0.690. The van der Waals surface area contributed by atoms with E-state index in [4.69, 9.17) is 11.6 Å². The number of aromatic nitrogens is 4. The average molecular weight is 335 g/mol. The molecule has 6 heteroatoms. The number of rotatable bonds is 1. The van der Waals surface area contributed by atoms with E-state index in [0.29, 0.717) is 5.15 Å². The largest absolute Gasteiger partial charge is 0.220 e. The lowest BCUT2D eigenvalue weighted by atomic mass is 10.2. The standard InChI is InChI=1S/C9H8ClIN4/c1-5-6(2)9(14-13-8(5)10)15-4-7(11)3-12-15/h3-4H,1-2H3. The van der Waals surface area contributed by atoms with Gasteiger partial charge in [0.15, 0.2) is 11.0 Å². The van der Waals surface area contributed by atoms with E-state index in [2.05, 4.69) is 37.9 Å². The first-order valence-electron chi connectivity index (χ1n) is 4.29. The number of nitrogens with zero attached hydrogens (tertiary/aromatic N) is 4. The van der Waals surface area contributed by atoms with Crippen molar-refractivity contribution >= 4 is 34.2 Å². The van der Waals surface area contributed by atoms with Crippen LogP contribution in [0.4, 0.5) is 0 Å². The normalized spacial score (nSPS) is 10.7. The molecule has 0 radical (unpaired) electrons. The predicted octanol–water partition coefficient (Wildman–Crippen LogP) is 2.54. The summed E-state index contributed by atoms with van der Waals surface area (Å²) >= 11 is 8.07. The maximum atomic E-state index is 5.87. The Morgan fingerprint density at radius 2 is 2.00 bits per heavy atom. The molecule has 0 aliphatic heterocycles. The Morgan fingerprint density at radius 3 is 2.60 bits per heavy atom. The van der Waals surface area contributed by atoms with Crippen molar-refractivity contribution in [3.8, 4) is 5.82 Å². The van der Waals surface area contributed by atoms with E-state index >= 15 is 0 Å². The lowest BCUT2D eigenvalue weighted by Gasteiger charge is -2.06. The topological polar surface area (TPSA) is 43.6 Å². The highest BCUT2D eigenvalue weighted by Gasteiger charge is 2.10. The number of halogens is 2. The molecule has 15 heavy (non-hydrogen) atoms. The van der Waals surface area contributed by atoms with Crippen molar-refractivity contribution in [3.05, 3.63) is 32.2 Å². The molecular weight excluding hydrogens is 326 g/mol. The minimum absolute atomic E-state index is 0.443.